The fourth-order valence-corrected chi connectivity index (χ4v) is 4.24. The number of para-hydroxylation sites is 1. The number of hydrogen-bond donors (Lipinski definition) is 1. The third kappa shape index (κ3) is 3.73. The van der Waals surface area contributed by atoms with Crippen LogP contribution < -0.4 is 15.1 Å². The zero-order valence-corrected chi connectivity index (χ0v) is 16.9. The van der Waals surface area contributed by atoms with Crippen molar-refractivity contribution in [3.8, 4) is 0 Å². The Kier molecular flexibility index (Phi) is 5.05. The molecule has 1 aromatic heterocycles. The first kappa shape index (κ1) is 18.6. The minimum atomic E-state index is -0.0580. The van der Waals surface area contributed by atoms with Crippen LogP contribution in [-0.2, 0) is 6.42 Å². The van der Waals surface area contributed by atoms with E-state index in [1.807, 2.05) is 30.3 Å². The van der Waals surface area contributed by atoms with Crippen molar-refractivity contribution < 1.29 is 4.79 Å². The highest BCUT2D eigenvalue weighted by Crippen LogP contribution is 2.29. The Morgan fingerprint density at radius 3 is 2.37 bits per heavy atom. The first-order chi connectivity index (χ1) is 14.8. The van der Waals surface area contributed by atoms with Crippen LogP contribution in [0.3, 0.4) is 0 Å². The summed E-state index contributed by atoms with van der Waals surface area (Å²) >= 11 is 0. The molecule has 0 aliphatic carbocycles. The van der Waals surface area contributed by atoms with Crippen molar-refractivity contribution in [1.29, 1.82) is 0 Å². The van der Waals surface area contributed by atoms with Crippen molar-refractivity contribution in [2.75, 3.05) is 34.8 Å². The van der Waals surface area contributed by atoms with E-state index in [0.29, 0.717) is 18.1 Å². The monoisotopic (exact) mass is 399 g/mol. The number of hydrogen-bond acceptors (Lipinski definition) is 5. The second-order valence-electron chi connectivity index (χ2n) is 7.85. The van der Waals surface area contributed by atoms with Crippen LogP contribution in [0.1, 0.15) is 35.2 Å². The number of fused-ring (bicyclic) bond motifs is 1. The summed E-state index contributed by atoms with van der Waals surface area (Å²) in [4.78, 5) is 25.8. The van der Waals surface area contributed by atoms with E-state index >= 15 is 0 Å². The first-order valence-electron chi connectivity index (χ1n) is 10.6. The molecule has 1 N–H and O–H groups in total. The Morgan fingerprint density at radius 1 is 0.867 bits per heavy atom. The van der Waals surface area contributed by atoms with Crippen LogP contribution in [-0.4, -0.2) is 35.5 Å². The number of carbonyl (C=O) groups is 1. The highest BCUT2D eigenvalue weighted by atomic mass is 16.2. The SMILES string of the molecule is O=C(c1cnc(Nc2ccc(N3CCCCC3)cc2)nc1)N1CCc2ccccc21. The lowest BCUT2D eigenvalue weighted by Gasteiger charge is -2.28. The molecule has 30 heavy (non-hydrogen) atoms. The predicted molar refractivity (Wildman–Crippen MR) is 120 cm³/mol. The third-order valence-corrected chi connectivity index (χ3v) is 5.88. The molecule has 152 valence electrons. The van der Waals surface area contributed by atoms with Crippen LogP contribution in [0.15, 0.2) is 60.9 Å². The molecule has 6 heteroatoms. The molecule has 3 heterocycles. The molecule has 6 nitrogen and oxygen atoms in total. The number of carbonyl (C=O) groups excluding carboxylic acids is 1. The molecule has 5 rings (SSSR count). The van der Waals surface area contributed by atoms with Gasteiger partial charge in [-0.05, 0) is 61.6 Å². The molecule has 0 unspecified atom stereocenters. The van der Waals surface area contributed by atoms with Gasteiger partial charge in [-0.15, -0.1) is 0 Å². The van der Waals surface area contributed by atoms with Gasteiger partial charge in [-0.2, -0.15) is 0 Å². The lowest BCUT2D eigenvalue weighted by molar-refractivity contribution is 0.0988. The fourth-order valence-electron chi connectivity index (χ4n) is 4.24. The molecule has 3 aromatic rings. The van der Waals surface area contributed by atoms with Gasteiger partial charge in [0.2, 0.25) is 5.95 Å². The van der Waals surface area contributed by atoms with Gasteiger partial charge in [0.25, 0.3) is 5.91 Å². The van der Waals surface area contributed by atoms with Gasteiger partial charge in [0.15, 0.2) is 0 Å². The van der Waals surface area contributed by atoms with Gasteiger partial charge >= 0.3 is 0 Å². The Balaban J connectivity index is 1.25. The van der Waals surface area contributed by atoms with Crippen molar-refractivity contribution in [2.45, 2.75) is 25.7 Å². The maximum Gasteiger partial charge on any atom is 0.261 e. The molecule has 0 saturated carbocycles. The largest absolute Gasteiger partial charge is 0.372 e. The summed E-state index contributed by atoms with van der Waals surface area (Å²) in [5, 5.41) is 3.22. The van der Waals surface area contributed by atoms with E-state index in [1.54, 1.807) is 17.3 Å². The van der Waals surface area contributed by atoms with E-state index in [1.165, 1.54) is 30.5 Å². The molecule has 0 bridgehead atoms. The Hall–Kier alpha value is -3.41. The van der Waals surface area contributed by atoms with Crippen molar-refractivity contribution >= 4 is 28.9 Å². The van der Waals surface area contributed by atoms with Gasteiger partial charge in [0.1, 0.15) is 0 Å². The third-order valence-electron chi connectivity index (χ3n) is 5.88. The number of amides is 1. The molecule has 2 aliphatic rings. The van der Waals surface area contributed by atoms with E-state index in [0.717, 1.165) is 30.9 Å². The molecule has 1 amide bonds. The second kappa shape index (κ2) is 8.14. The van der Waals surface area contributed by atoms with E-state index < -0.39 is 0 Å². The van der Waals surface area contributed by atoms with E-state index in [9.17, 15) is 4.79 Å². The highest BCUT2D eigenvalue weighted by molar-refractivity contribution is 6.07. The fraction of sp³-hybridized carbons (Fsp3) is 0.292. The number of benzene rings is 2. The summed E-state index contributed by atoms with van der Waals surface area (Å²) in [5.41, 5.74) is 4.88. The number of aromatic nitrogens is 2. The zero-order valence-electron chi connectivity index (χ0n) is 16.9. The number of piperidine rings is 1. The molecule has 0 atom stereocenters. The molecule has 2 aliphatic heterocycles. The summed E-state index contributed by atoms with van der Waals surface area (Å²) in [5.74, 6) is 0.427. The molecular weight excluding hydrogens is 374 g/mol. The minimum absolute atomic E-state index is 0.0580. The van der Waals surface area contributed by atoms with Crippen LogP contribution >= 0.6 is 0 Å². The normalized spacial score (nSPS) is 15.7. The summed E-state index contributed by atoms with van der Waals surface area (Å²) in [6.45, 7) is 2.96. The molecule has 1 fully saturated rings. The van der Waals surface area contributed by atoms with Gasteiger partial charge < -0.3 is 15.1 Å². The van der Waals surface area contributed by atoms with Gasteiger partial charge in [0, 0.05) is 49.1 Å². The average Bonchev–Trinajstić information content (AvgIpc) is 3.24. The lowest BCUT2D eigenvalue weighted by Crippen LogP contribution is -2.29. The molecule has 0 spiro atoms. The average molecular weight is 399 g/mol. The summed E-state index contributed by atoms with van der Waals surface area (Å²) < 4.78 is 0. The number of rotatable bonds is 4. The quantitative estimate of drug-likeness (QED) is 0.704. The highest BCUT2D eigenvalue weighted by Gasteiger charge is 2.25. The van der Waals surface area contributed by atoms with Crippen LogP contribution in [0.4, 0.5) is 23.0 Å². The number of nitrogens with one attached hydrogen (secondary N) is 1. The van der Waals surface area contributed by atoms with Gasteiger partial charge in [0.05, 0.1) is 5.56 Å². The minimum Gasteiger partial charge on any atom is -0.372 e. The molecule has 1 saturated heterocycles. The van der Waals surface area contributed by atoms with Gasteiger partial charge in [-0.3, -0.25) is 4.79 Å². The lowest BCUT2D eigenvalue weighted by atomic mass is 10.1. The Morgan fingerprint density at radius 2 is 1.60 bits per heavy atom. The molecule has 2 aromatic carbocycles. The van der Waals surface area contributed by atoms with E-state index in [4.69, 9.17) is 0 Å². The predicted octanol–water partition coefficient (Wildman–Crippen LogP) is 4.41. The van der Waals surface area contributed by atoms with Crippen LogP contribution in [0.2, 0.25) is 0 Å². The first-order valence-corrected chi connectivity index (χ1v) is 10.6. The van der Waals surface area contributed by atoms with Crippen LogP contribution in [0.5, 0.6) is 0 Å². The van der Waals surface area contributed by atoms with Crippen molar-refractivity contribution in [3.05, 3.63) is 72.1 Å². The van der Waals surface area contributed by atoms with Gasteiger partial charge in [-0.25, -0.2) is 9.97 Å². The summed E-state index contributed by atoms with van der Waals surface area (Å²) in [6.07, 6.45) is 7.94. The second-order valence-corrected chi connectivity index (χ2v) is 7.85. The maximum absolute atomic E-state index is 12.9. The van der Waals surface area contributed by atoms with Crippen molar-refractivity contribution in [1.82, 2.24) is 9.97 Å². The van der Waals surface area contributed by atoms with Crippen molar-refractivity contribution in [2.24, 2.45) is 0 Å². The number of nitrogens with zero attached hydrogens (tertiary/aromatic N) is 4. The zero-order chi connectivity index (χ0) is 20.3. The van der Waals surface area contributed by atoms with Crippen molar-refractivity contribution in [3.63, 3.8) is 0 Å². The summed E-state index contributed by atoms with van der Waals surface area (Å²) in [6, 6.07) is 16.4. The van der Waals surface area contributed by atoms with Gasteiger partial charge in [-0.1, -0.05) is 18.2 Å². The van der Waals surface area contributed by atoms with Crippen LogP contribution in [0.25, 0.3) is 0 Å². The van der Waals surface area contributed by atoms with E-state index in [2.05, 4.69) is 38.4 Å². The summed E-state index contributed by atoms with van der Waals surface area (Å²) in [7, 11) is 0. The maximum atomic E-state index is 12.9. The van der Waals surface area contributed by atoms with E-state index in [-0.39, 0.29) is 5.91 Å². The topological polar surface area (TPSA) is 61.4 Å². The smallest absolute Gasteiger partial charge is 0.261 e. The standard InChI is InChI=1S/C24H25N5O/c30-23(29-15-12-18-6-2-3-7-22(18)29)19-16-25-24(26-17-19)27-20-8-10-21(11-9-20)28-13-4-1-5-14-28/h2-3,6-11,16-17H,1,4-5,12-15H2,(H,25,26,27). The Bertz CT molecular complexity index is 1030. The Labute approximate surface area is 176 Å². The molecular formula is C24H25N5O. The number of anilines is 4. The molecule has 0 radical (unpaired) electrons. The van der Waals surface area contributed by atoms with Crippen LogP contribution in [0, 0.1) is 0 Å².